The molecule has 1 aromatic rings. The lowest BCUT2D eigenvalue weighted by Gasteiger charge is -2.30. The second kappa shape index (κ2) is 9.92. The van der Waals surface area contributed by atoms with Crippen LogP contribution in [0, 0.1) is 5.92 Å². The van der Waals surface area contributed by atoms with Gasteiger partial charge < -0.3 is 15.4 Å². The van der Waals surface area contributed by atoms with Gasteiger partial charge in [0.05, 0.1) is 7.11 Å². The SMILES string of the molecule is COc1ccc(CCNC(=O)C[C@H]2CC[C@@H](CNC(C)=O)N2CC2CC2)cc1. The predicted octanol–water partition coefficient (Wildman–Crippen LogP) is 2.12. The molecule has 6 nitrogen and oxygen atoms in total. The van der Waals surface area contributed by atoms with Gasteiger partial charge in [0.1, 0.15) is 5.75 Å². The number of benzene rings is 1. The van der Waals surface area contributed by atoms with Gasteiger partial charge >= 0.3 is 0 Å². The molecule has 0 radical (unpaired) electrons. The highest BCUT2D eigenvalue weighted by Crippen LogP contribution is 2.35. The topological polar surface area (TPSA) is 70.7 Å². The molecule has 1 saturated carbocycles. The summed E-state index contributed by atoms with van der Waals surface area (Å²) < 4.78 is 5.17. The van der Waals surface area contributed by atoms with Crippen LogP contribution in [0.3, 0.4) is 0 Å². The van der Waals surface area contributed by atoms with E-state index >= 15 is 0 Å². The average Bonchev–Trinajstić information content (AvgIpc) is 3.43. The zero-order chi connectivity index (χ0) is 19.9. The highest BCUT2D eigenvalue weighted by molar-refractivity contribution is 5.76. The van der Waals surface area contributed by atoms with E-state index in [4.69, 9.17) is 4.74 Å². The summed E-state index contributed by atoms with van der Waals surface area (Å²) in [6.07, 6.45) is 6.04. The van der Waals surface area contributed by atoms with Gasteiger partial charge in [0.15, 0.2) is 0 Å². The van der Waals surface area contributed by atoms with Crippen LogP contribution in [0.25, 0.3) is 0 Å². The fourth-order valence-electron chi connectivity index (χ4n) is 4.04. The van der Waals surface area contributed by atoms with Crippen molar-refractivity contribution in [1.29, 1.82) is 0 Å². The zero-order valence-electron chi connectivity index (χ0n) is 17.1. The van der Waals surface area contributed by atoms with Crippen molar-refractivity contribution in [2.45, 2.75) is 57.5 Å². The van der Waals surface area contributed by atoms with Crippen molar-refractivity contribution in [2.75, 3.05) is 26.7 Å². The van der Waals surface area contributed by atoms with Crippen molar-refractivity contribution in [3.63, 3.8) is 0 Å². The first kappa shape index (κ1) is 20.6. The number of nitrogens with one attached hydrogen (secondary N) is 2. The lowest BCUT2D eigenvalue weighted by atomic mass is 10.1. The molecule has 1 aliphatic carbocycles. The number of rotatable bonds is 10. The second-order valence-corrected chi connectivity index (χ2v) is 8.11. The molecular formula is C22H33N3O3. The van der Waals surface area contributed by atoms with Crippen LogP contribution in [0.5, 0.6) is 5.75 Å². The lowest BCUT2D eigenvalue weighted by Crippen LogP contribution is -2.45. The molecule has 1 aliphatic heterocycles. The van der Waals surface area contributed by atoms with E-state index in [9.17, 15) is 9.59 Å². The van der Waals surface area contributed by atoms with Crippen LogP contribution in [-0.4, -0.2) is 55.5 Å². The van der Waals surface area contributed by atoms with Gasteiger partial charge in [-0.05, 0) is 55.7 Å². The Hall–Kier alpha value is -2.08. The van der Waals surface area contributed by atoms with Crippen molar-refractivity contribution in [3.8, 4) is 5.75 Å². The van der Waals surface area contributed by atoms with Gasteiger partial charge in [-0.15, -0.1) is 0 Å². The molecule has 2 atom stereocenters. The molecule has 1 aromatic carbocycles. The molecule has 2 N–H and O–H groups in total. The summed E-state index contributed by atoms with van der Waals surface area (Å²) >= 11 is 0. The van der Waals surface area contributed by atoms with Crippen LogP contribution in [0.1, 0.15) is 44.6 Å². The summed E-state index contributed by atoms with van der Waals surface area (Å²) in [5.74, 6) is 1.77. The highest BCUT2D eigenvalue weighted by atomic mass is 16.5. The molecule has 2 amide bonds. The Morgan fingerprint density at radius 1 is 1.07 bits per heavy atom. The number of nitrogens with zero attached hydrogens (tertiary/aromatic N) is 1. The van der Waals surface area contributed by atoms with E-state index in [1.54, 1.807) is 14.0 Å². The third kappa shape index (κ3) is 6.23. The van der Waals surface area contributed by atoms with Crippen molar-refractivity contribution in [1.82, 2.24) is 15.5 Å². The Morgan fingerprint density at radius 2 is 1.79 bits per heavy atom. The Labute approximate surface area is 168 Å². The Bertz CT molecular complexity index is 657. The number of hydrogen-bond acceptors (Lipinski definition) is 4. The lowest BCUT2D eigenvalue weighted by molar-refractivity contribution is -0.122. The molecule has 28 heavy (non-hydrogen) atoms. The number of carbonyl (C=O) groups is 2. The van der Waals surface area contributed by atoms with Gasteiger partial charge in [0.25, 0.3) is 0 Å². The van der Waals surface area contributed by atoms with Gasteiger partial charge in [0.2, 0.25) is 11.8 Å². The average molecular weight is 388 g/mol. The predicted molar refractivity (Wildman–Crippen MR) is 109 cm³/mol. The Balaban J connectivity index is 1.44. The summed E-state index contributed by atoms with van der Waals surface area (Å²) in [7, 11) is 1.66. The van der Waals surface area contributed by atoms with Gasteiger partial charge in [-0.1, -0.05) is 12.1 Å². The molecule has 3 rings (SSSR count). The molecule has 1 heterocycles. The molecule has 0 unspecified atom stereocenters. The maximum Gasteiger partial charge on any atom is 0.221 e. The van der Waals surface area contributed by atoms with E-state index in [-0.39, 0.29) is 11.8 Å². The fourth-order valence-corrected chi connectivity index (χ4v) is 4.04. The van der Waals surface area contributed by atoms with Crippen LogP contribution in [0.15, 0.2) is 24.3 Å². The van der Waals surface area contributed by atoms with Gasteiger partial charge in [0, 0.05) is 45.1 Å². The first-order valence-corrected chi connectivity index (χ1v) is 10.4. The molecular weight excluding hydrogens is 354 g/mol. The third-order valence-electron chi connectivity index (χ3n) is 5.84. The first-order valence-electron chi connectivity index (χ1n) is 10.4. The Kier molecular flexibility index (Phi) is 7.31. The van der Waals surface area contributed by atoms with Crippen molar-refractivity contribution < 1.29 is 14.3 Å². The molecule has 0 bridgehead atoms. The van der Waals surface area contributed by atoms with Gasteiger partial charge in [-0.3, -0.25) is 14.5 Å². The molecule has 154 valence electrons. The zero-order valence-corrected chi connectivity index (χ0v) is 17.1. The molecule has 2 aliphatic rings. The van der Waals surface area contributed by atoms with E-state index < -0.39 is 0 Å². The van der Waals surface area contributed by atoms with E-state index in [2.05, 4.69) is 15.5 Å². The van der Waals surface area contributed by atoms with E-state index in [1.165, 1.54) is 18.4 Å². The normalized spacial score (nSPS) is 22.1. The number of amides is 2. The standard InChI is InChI=1S/C22H33N3O3/c1-16(26)24-14-20-8-7-19(25(20)15-18-3-4-18)13-22(27)23-12-11-17-5-9-21(28-2)10-6-17/h5-6,9-10,18-20H,3-4,7-8,11-15H2,1-2H3,(H,23,27)(H,24,26)/t19-,20+/m1/s1. The van der Waals surface area contributed by atoms with Crippen LogP contribution in [0.4, 0.5) is 0 Å². The summed E-state index contributed by atoms with van der Waals surface area (Å²) in [4.78, 5) is 26.2. The van der Waals surface area contributed by atoms with Gasteiger partial charge in [-0.2, -0.15) is 0 Å². The van der Waals surface area contributed by atoms with Crippen molar-refractivity contribution in [3.05, 3.63) is 29.8 Å². The van der Waals surface area contributed by atoms with Gasteiger partial charge in [-0.25, -0.2) is 0 Å². The van der Waals surface area contributed by atoms with E-state index in [0.29, 0.717) is 31.6 Å². The minimum Gasteiger partial charge on any atom is -0.497 e. The summed E-state index contributed by atoms with van der Waals surface area (Å²) in [6, 6.07) is 8.61. The quantitative estimate of drug-likeness (QED) is 0.645. The number of hydrogen-bond donors (Lipinski definition) is 2. The highest BCUT2D eigenvalue weighted by Gasteiger charge is 2.37. The summed E-state index contributed by atoms with van der Waals surface area (Å²) in [5.41, 5.74) is 1.19. The smallest absolute Gasteiger partial charge is 0.221 e. The van der Waals surface area contributed by atoms with Crippen molar-refractivity contribution in [2.24, 2.45) is 5.92 Å². The maximum absolute atomic E-state index is 12.5. The summed E-state index contributed by atoms with van der Waals surface area (Å²) in [5, 5.41) is 6.03. The minimum atomic E-state index is 0.0195. The van der Waals surface area contributed by atoms with E-state index in [1.807, 2.05) is 24.3 Å². The second-order valence-electron chi connectivity index (χ2n) is 8.11. The first-order chi connectivity index (χ1) is 13.5. The molecule has 2 fully saturated rings. The molecule has 1 saturated heterocycles. The fraction of sp³-hybridized carbons (Fsp3) is 0.636. The molecule has 0 spiro atoms. The number of methoxy groups -OCH3 is 1. The maximum atomic E-state index is 12.5. The van der Waals surface area contributed by atoms with Crippen LogP contribution < -0.4 is 15.4 Å². The largest absolute Gasteiger partial charge is 0.497 e. The van der Waals surface area contributed by atoms with Crippen LogP contribution in [-0.2, 0) is 16.0 Å². The van der Waals surface area contributed by atoms with Crippen molar-refractivity contribution >= 4 is 11.8 Å². The van der Waals surface area contributed by atoms with Crippen LogP contribution >= 0.6 is 0 Å². The number of carbonyl (C=O) groups excluding carboxylic acids is 2. The number of ether oxygens (including phenoxy) is 1. The minimum absolute atomic E-state index is 0.0195. The number of likely N-dealkylation sites (tertiary alicyclic amines) is 1. The van der Waals surface area contributed by atoms with E-state index in [0.717, 1.165) is 37.5 Å². The Morgan fingerprint density at radius 3 is 2.43 bits per heavy atom. The summed E-state index contributed by atoms with van der Waals surface area (Å²) in [6.45, 7) is 3.97. The van der Waals surface area contributed by atoms with Crippen LogP contribution in [0.2, 0.25) is 0 Å². The third-order valence-corrected chi connectivity index (χ3v) is 5.84. The molecule has 6 heteroatoms. The molecule has 0 aromatic heterocycles. The monoisotopic (exact) mass is 387 g/mol.